The van der Waals surface area contributed by atoms with E-state index in [-0.39, 0.29) is 0 Å². The number of methoxy groups -OCH3 is 1. The SMILES string of the molecule is COc1ccc(CSC2CCN=C(SC)N2)cc1. The molecule has 0 saturated heterocycles. The largest absolute Gasteiger partial charge is 0.497 e. The van der Waals surface area contributed by atoms with Crippen LogP contribution in [-0.4, -0.2) is 30.5 Å². The molecule has 98 valence electrons. The van der Waals surface area contributed by atoms with Gasteiger partial charge in [0.05, 0.1) is 12.5 Å². The average Bonchev–Trinajstić information content (AvgIpc) is 2.46. The van der Waals surface area contributed by atoms with Crippen LogP contribution in [0.4, 0.5) is 0 Å². The lowest BCUT2D eigenvalue weighted by molar-refractivity contribution is 0.414. The van der Waals surface area contributed by atoms with Crippen molar-refractivity contribution in [3.05, 3.63) is 29.8 Å². The molecule has 3 nitrogen and oxygen atoms in total. The maximum absolute atomic E-state index is 5.15. The van der Waals surface area contributed by atoms with E-state index in [9.17, 15) is 0 Å². The van der Waals surface area contributed by atoms with E-state index < -0.39 is 0 Å². The molecule has 1 N–H and O–H groups in total. The first-order valence-corrected chi connectivity index (χ1v) is 8.18. The van der Waals surface area contributed by atoms with Crippen molar-refractivity contribution in [3.8, 4) is 5.75 Å². The summed E-state index contributed by atoms with van der Waals surface area (Å²) in [5.41, 5.74) is 1.33. The Labute approximate surface area is 117 Å². The quantitative estimate of drug-likeness (QED) is 0.920. The van der Waals surface area contributed by atoms with E-state index >= 15 is 0 Å². The summed E-state index contributed by atoms with van der Waals surface area (Å²) in [6.07, 6.45) is 3.16. The molecule has 5 heteroatoms. The third kappa shape index (κ3) is 3.85. The average molecular weight is 282 g/mol. The molecule has 1 unspecified atom stereocenters. The molecule has 0 amide bonds. The van der Waals surface area contributed by atoms with Crippen LogP contribution in [0, 0.1) is 0 Å². The van der Waals surface area contributed by atoms with E-state index in [0.717, 1.165) is 29.6 Å². The summed E-state index contributed by atoms with van der Waals surface area (Å²) in [6, 6.07) is 8.27. The van der Waals surface area contributed by atoms with Gasteiger partial charge in [0, 0.05) is 12.3 Å². The molecule has 0 saturated carbocycles. The number of nitrogens with zero attached hydrogens (tertiary/aromatic N) is 1. The van der Waals surface area contributed by atoms with Crippen LogP contribution in [0.25, 0.3) is 0 Å². The molecular formula is C13H18N2OS2. The number of ether oxygens (including phenoxy) is 1. The monoisotopic (exact) mass is 282 g/mol. The zero-order chi connectivity index (χ0) is 12.8. The molecule has 1 aliphatic rings. The third-order valence-corrected chi connectivity index (χ3v) is 4.62. The summed E-state index contributed by atoms with van der Waals surface area (Å²) < 4.78 is 5.15. The highest BCUT2D eigenvalue weighted by Gasteiger charge is 2.14. The highest BCUT2D eigenvalue weighted by atomic mass is 32.2. The molecule has 0 aliphatic carbocycles. The molecule has 2 rings (SSSR count). The van der Waals surface area contributed by atoms with Crippen molar-refractivity contribution >= 4 is 28.7 Å². The topological polar surface area (TPSA) is 33.6 Å². The second-order valence-corrected chi connectivity index (χ2v) is 5.96. The van der Waals surface area contributed by atoms with Crippen LogP contribution in [0.5, 0.6) is 5.75 Å². The van der Waals surface area contributed by atoms with Gasteiger partial charge in [-0.3, -0.25) is 4.99 Å². The minimum Gasteiger partial charge on any atom is -0.497 e. The van der Waals surface area contributed by atoms with Crippen LogP contribution in [0.2, 0.25) is 0 Å². The maximum atomic E-state index is 5.15. The van der Waals surface area contributed by atoms with E-state index in [2.05, 4.69) is 28.7 Å². The van der Waals surface area contributed by atoms with Gasteiger partial charge < -0.3 is 10.1 Å². The van der Waals surface area contributed by atoms with Gasteiger partial charge in [0.2, 0.25) is 0 Å². The van der Waals surface area contributed by atoms with E-state index in [1.54, 1.807) is 18.9 Å². The van der Waals surface area contributed by atoms with E-state index in [0.29, 0.717) is 5.37 Å². The molecule has 0 aromatic heterocycles. The summed E-state index contributed by atoms with van der Waals surface area (Å²) >= 11 is 3.62. The Morgan fingerprint density at radius 1 is 1.39 bits per heavy atom. The van der Waals surface area contributed by atoms with Gasteiger partial charge in [-0.15, -0.1) is 11.8 Å². The fourth-order valence-electron chi connectivity index (χ4n) is 1.71. The van der Waals surface area contributed by atoms with Gasteiger partial charge in [0.15, 0.2) is 5.17 Å². The van der Waals surface area contributed by atoms with Crippen LogP contribution in [0.1, 0.15) is 12.0 Å². The first-order chi connectivity index (χ1) is 8.81. The number of hydrogen-bond donors (Lipinski definition) is 1. The Morgan fingerprint density at radius 2 is 2.17 bits per heavy atom. The van der Waals surface area contributed by atoms with Crippen molar-refractivity contribution in [1.82, 2.24) is 5.32 Å². The van der Waals surface area contributed by atoms with E-state index in [1.807, 2.05) is 23.9 Å². The second-order valence-electron chi connectivity index (χ2n) is 3.97. The highest BCUT2D eigenvalue weighted by molar-refractivity contribution is 8.13. The number of hydrogen-bond acceptors (Lipinski definition) is 5. The summed E-state index contributed by atoms with van der Waals surface area (Å²) in [6.45, 7) is 0.934. The van der Waals surface area contributed by atoms with Gasteiger partial charge in [-0.1, -0.05) is 23.9 Å². The van der Waals surface area contributed by atoms with Crippen LogP contribution in [0.3, 0.4) is 0 Å². The molecule has 0 radical (unpaired) electrons. The van der Waals surface area contributed by atoms with Crippen LogP contribution in [-0.2, 0) is 5.75 Å². The van der Waals surface area contributed by atoms with Crippen molar-refractivity contribution in [2.75, 3.05) is 19.9 Å². The van der Waals surface area contributed by atoms with Crippen molar-refractivity contribution < 1.29 is 4.74 Å². The first kappa shape index (κ1) is 13.6. The standard InChI is InChI=1S/C13H18N2OS2/c1-16-11-5-3-10(4-6-11)9-18-12-7-8-14-13(15-12)17-2/h3-6,12H,7-9H2,1-2H3,(H,14,15). The predicted molar refractivity (Wildman–Crippen MR) is 81.6 cm³/mol. The Kier molecular flexibility index (Phi) is 5.26. The van der Waals surface area contributed by atoms with Crippen LogP contribution in [0.15, 0.2) is 29.3 Å². The molecule has 0 bridgehead atoms. The Bertz CT molecular complexity index is 406. The molecule has 1 aromatic rings. The molecule has 0 spiro atoms. The minimum atomic E-state index is 0.479. The molecule has 1 heterocycles. The summed E-state index contributed by atoms with van der Waals surface area (Å²) in [5, 5.41) is 4.99. The van der Waals surface area contributed by atoms with Gasteiger partial charge in [0.25, 0.3) is 0 Å². The van der Waals surface area contributed by atoms with E-state index in [4.69, 9.17) is 4.74 Å². The second kappa shape index (κ2) is 6.95. The molecule has 18 heavy (non-hydrogen) atoms. The lowest BCUT2D eigenvalue weighted by Crippen LogP contribution is -2.35. The minimum absolute atomic E-state index is 0.479. The predicted octanol–water partition coefficient (Wildman–Crippen LogP) is 2.97. The third-order valence-electron chi connectivity index (χ3n) is 2.73. The van der Waals surface area contributed by atoms with Crippen molar-refractivity contribution in [2.45, 2.75) is 17.5 Å². The number of nitrogens with one attached hydrogen (secondary N) is 1. The molecular weight excluding hydrogens is 264 g/mol. The number of aliphatic imine (C=N–C) groups is 1. The number of rotatable bonds is 4. The lowest BCUT2D eigenvalue weighted by atomic mass is 10.2. The molecule has 1 aromatic carbocycles. The lowest BCUT2D eigenvalue weighted by Gasteiger charge is -2.23. The fraction of sp³-hybridized carbons (Fsp3) is 0.462. The number of benzene rings is 1. The van der Waals surface area contributed by atoms with Gasteiger partial charge in [-0.2, -0.15) is 0 Å². The number of amidine groups is 1. The molecule has 1 aliphatic heterocycles. The number of thioether (sulfide) groups is 2. The zero-order valence-electron chi connectivity index (χ0n) is 10.7. The van der Waals surface area contributed by atoms with Crippen molar-refractivity contribution in [1.29, 1.82) is 0 Å². The summed E-state index contributed by atoms with van der Waals surface area (Å²) in [7, 11) is 1.69. The Morgan fingerprint density at radius 3 is 2.83 bits per heavy atom. The van der Waals surface area contributed by atoms with Crippen molar-refractivity contribution in [2.24, 2.45) is 4.99 Å². The van der Waals surface area contributed by atoms with Crippen LogP contribution >= 0.6 is 23.5 Å². The Balaban J connectivity index is 1.82. The molecule has 1 atom stereocenters. The van der Waals surface area contributed by atoms with Gasteiger partial charge in [-0.25, -0.2) is 0 Å². The van der Waals surface area contributed by atoms with Gasteiger partial charge >= 0.3 is 0 Å². The zero-order valence-corrected chi connectivity index (χ0v) is 12.3. The first-order valence-electron chi connectivity index (χ1n) is 5.91. The van der Waals surface area contributed by atoms with Crippen LogP contribution < -0.4 is 10.1 Å². The molecule has 0 fully saturated rings. The summed E-state index contributed by atoms with van der Waals surface area (Å²) in [5.74, 6) is 1.93. The Hall–Kier alpha value is -0.810. The maximum Gasteiger partial charge on any atom is 0.157 e. The smallest absolute Gasteiger partial charge is 0.157 e. The van der Waals surface area contributed by atoms with Crippen molar-refractivity contribution in [3.63, 3.8) is 0 Å². The fourth-order valence-corrected chi connectivity index (χ4v) is 3.31. The van der Waals surface area contributed by atoms with Gasteiger partial charge in [-0.05, 0) is 30.4 Å². The summed E-state index contributed by atoms with van der Waals surface area (Å²) in [4.78, 5) is 4.41. The normalized spacial score (nSPS) is 19.0. The van der Waals surface area contributed by atoms with E-state index in [1.165, 1.54) is 5.56 Å². The highest BCUT2D eigenvalue weighted by Crippen LogP contribution is 2.22. The van der Waals surface area contributed by atoms with Gasteiger partial charge in [0.1, 0.15) is 5.75 Å².